The lowest BCUT2D eigenvalue weighted by atomic mass is 10.1. The molecule has 2 aromatic rings. The molecule has 1 aromatic carbocycles. The number of aliphatic hydroxyl groups is 1. The molecule has 0 bridgehead atoms. The number of carbonyl (C=O) groups is 2. The van der Waals surface area contributed by atoms with Crippen molar-refractivity contribution in [3.63, 3.8) is 0 Å². The Morgan fingerprint density at radius 3 is 2.84 bits per heavy atom. The van der Waals surface area contributed by atoms with Crippen LogP contribution in [0.3, 0.4) is 0 Å². The average molecular weight is 425 g/mol. The van der Waals surface area contributed by atoms with Crippen LogP contribution < -0.4 is 15.0 Å². The number of anilines is 1. The van der Waals surface area contributed by atoms with E-state index in [1.807, 2.05) is 13.8 Å². The van der Waals surface area contributed by atoms with Gasteiger partial charge in [-0.3, -0.25) is 14.3 Å². The van der Waals surface area contributed by atoms with Gasteiger partial charge in [0.15, 0.2) is 0 Å². The molecule has 3 rings (SSSR count). The third-order valence-electron chi connectivity index (χ3n) is 4.46. The van der Waals surface area contributed by atoms with E-state index in [-0.39, 0.29) is 18.3 Å². The van der Waals surface area contributed by atoms with Gasteiger partial charge < -0.3 is 20.1 Å². The monoisotopic (exact) mass is 425 g/mol. The number of aromatic nitrogens is 3. The third-order valence-corrected chi connectivity index (χ3v) is 4.46. The van der Waals surface area contributed by atoms with E-state index < -0.39 is 17.6 Å². The number of rotatable bonds is 4. The maximum Gasteiger partial charge on any atom is 0.291 e. The minimum Gasteiger partial charge on any atom is -0.489 e. The summed E-state index contributed by atoms with van der Waals surface area (Å²) in [6, 6.07) is 4.28. The van der Waals surface area contributed by atoms with Gasteiger partial charge in [0.2, 0.25) is 5.82 Å². The van der Waals surface area contributed by atoms with Gasteiger partial charge in [0.1, 0.15) is 30.3 Å². The SMILES string of the molecule is CC(C)Cn1cnc(C(=O)N[C@H]2COc3ccc(C#CC(C)(C)O)cc3N(C)C2=O)n1. The summed E-state index contributed by atoms with van der Waals surface area (Å²) in [5, 5.41) is 16.6. The molecule has 1 atom stereocenters. The molecule has 0 aliphatic carbocycles. The predicted octanol–water partition coefficient (Wildman–Crippen LogP) is 1.21. The second-order valence-electron chi connectivity index (χ2n) is 8.41. The van der Waals surface area contributed by atoms with E-state index in [0.717, 1.165) is 0 Å². The fraction of sp³-hybridized carbons (Fsp3) is 0.455. The Bertz CT molecular complexity index is 1040. The molecule has 0 spiro atoms. The zero-order chi connectivity index (χ0) is 22.8. The zero-order valence-corrected chi connectivity index (χ0v) is 18.3. The second-order valence-corrected chi connectivity index (χ2v) is 8.41. The highest BCUT2D eigenvalue weighted by Gasteiger charge is 2.31. The maximum absolute atomic E-state index is 13.0. The summed E-state index contributed by atoms with van der Waals surface area (Å²) in [6.45, 7) is 7.88. The van der Waals surface area contributed by atoms with Crippen LogP contribution in [0, 0.1) is 17.8 Å². The van der Waals surface area contributed by atoms with Crippen molar-refractivity contribution in [1.29, 1.82) is 0 Å². The van der Waals surface area contributed by atoms with E-state index in [1.165, 1.54) is 11.2 Å². The van der Waals surface area contributed by atoms with E-state index in [2.05, 4.69) is 27.2 Å². The van der Waals surface area contributed by atoms with E-state index in [1.54, 1.807) is 43.8 Å². The lowest BCUT2D eigenvalue weighted by Gasteiger charge is -2.20. The van der Waals surface area contributed by atoms with Crippen LogP contribution in [-0.2, 0) is 11.3 Å². The van der Waals surface area contributed by atoms with Gasteiger partial charge in [-0.1, -0.05) is 25.7 Å². The van der Waals surface area contributed by atoms with Crippen molar-refractivity contribution in [2.45, 2.75) is 45.9 Å². The Kier molecular flexibility index (Phi) is 6.32. The molecule has 1 aliphatic heterocycles. The Hall–Kier alpha value is -3.38. The highest BCUT2D eigenvalue weighted by Crippen LogP contribution is 2.31. The summed E-state index contributed by atoms with van der Waals surface area (Å²) in [5.41, 5.74) is 0.0338. The molecule has 2 amide bonds. The van der Waals surface area contributed by atoms with Gasteiger partial charge >= 0.3 is 0 Å². The van der Waals surface area contributed by atoms with Gasteiger partial charge in [-0.15, -0.1) is 5.10 Å². The average Bonchev–Trinajstić information content (AvgIpc) is 3.11. The van der Waals surface area contributed by atoms with Crippen molar-refractivity contribution in [2.75, 3.05) is 18.6 Å². The van der Waals surface area contributed by atoms with Crippen molar-refractivity contribution >= 4 is 17.5 Å². The van der Waals surface area contributed by atoms with Crippen LogP contribution >= 0.6 is 0 Å². The molecule has 2 N–H and O–H groups in total. The highest BCUT2D eigenvalue weighted by molar-refractivity contribution is 6.02. The van der Waals surface area contributed by atoms with Crippen molar-refractivity contribution in [2.24, 2.45) is 5.92 Å². The van der Waals surface area contributed by atoms with Gasteiger partial charge in [-0.2, -0.15) is 0 Å². The first-order chi connectivity index (χ1) is 14.5. The molecule has 2 heterocycles. The van der Waals surface area contributed by atoms with Crippen LogP contribution in [0.1, 0.15) is 43.9 Å². The van der Waals surface area contributed by atoms with Crippen LogP contribution in [-0.4, -0.2) is 57.0 Å². The Morgan fingerprint density at radius 1 is 1.42 bits per heavy atom. The van der Waals surface area contributed by atoms with Gasteiger partial charge in [-0.25, -0.2) is 4.98 Å². The first kappa shape index (κ1) is 22.3. The minimum absolute atomic E-state index is 0.00189. The van der Waals surface area contributed by atoms with E-state index in [0.29, 0.717) is 29.5 Å². The number of fused-ring (bicyclic) bond motifs is 1. The van der Waals surface area contributed by atoms with Crippen LogP contribution in [0.15, 0.2) is 24.5 Å². The Balaban J connectivity index is 1.75. The van der Waals surface area contributed by atoms with Crippen LogP contribution in [0.5, 0.6) is 5.75 Å². The van der Waals surface area contributed by atoms with E-state index in [9.17, 15) is 14.7 Å². The van der Waals surface area contributed by atoms with Crippen molar-refractivity contribution < 1.29 is 19.4 Å². The molecule has 31 heavy (non-hydrogen) atoms. The molecule has 0 unspecified atom stereocenters. The van der Waals surface area contributed by atoms with Crippen LogP contribution in [0.4, 0.5) is 5.69 Å². The Morgan fingerprint density at radius 2 is 2.16 bits per heavy atom. The molecule has 0 saturated carbocycles. The van der Waals surface area contributed by atoms with E-state index >= 15 is 0 Å². The largest absolute Gasteiger partial charge is 0.489 e. The molecular weight excluding hydrogens is 398 g/mol. The first-order valence-electron chi connectivity index (χ1n) is 10.0. The number of hydrogen-bond donors (Lipinski definition) is 2. The first-order valence-corrected chi connectivity index (χ1v) is 10.0. The minimum atomic E-state index is -1.13. The molecule has 1 aliphatic rings. The summed E-state index contributed by atoms with van der Waals surface area (Å²) in [5.74, 6) is 5.62. The lowest BCUT2D eigenvalue weighted by molar-refractivity contribution is -0.120. The normalized spacial score (nSPS) is 16.2. The molecule has 164 valence electrons. The van der Waals surface area contributed by atoms with Gasteiger partial charge in [-0.05, 0) is 38.0 Å². The number of nitrogens with zero attached hydrogens (tertiary/aromatic N) is 4. The quantitative estimate of drug-likeness (QED) is 0.713. The summed E-state index contributed by atoms with van der Waals surface area (Å²) in [6.07, 6.45) is 1.50. The van der Waals surface area contributed by atoms with Crippen LogP contribution in [0.25, 0.3) is 0 Å². The number of ether oxygens (including phenoxy) is 1. The number of hydrogen-bond acceptors (Lipinski definition) is 6. The topological polar surface area (TPSA) is 110 Å². The Labute approximate surface area is 181 Å². The van der Waals surface area contributed by atoms with Crippen molar-refractivity contribution in [3.05, 3.63) is 35.9 Å². The summed E-state index contributed by atoms with van der Waals surface area (Å²) >= 11 is 0. The standard InChI is InChI=1S/C22H27N5O4/c1-14(2)11-27-13-23-19(25-27)20(28)24-16-12-31-18-7-6-15(8-9-22(3,4)30)10-17(18)26(5)21(16)29/h6-7,10,13-14,16,30H,11-12H2,1-5H3,(H,24,28)/t16-/m0/s1. The van der Waals surface area contributed by atoms with Gasteiger partial charge in [0, 0.05) is 19.2 Å². The summed E-state index contributed by atoms with van der Waals surface area (Å²) in [7, 11) is 1.61. The molecule has 9 nitrogen and oxygen atoms in total. The molecular formula is C22H27N5O4. The highest BCUT2D eigenvalue weighted by atomic mass is 16.5. The van der Waals surface area contributed by atoms with Crippen LogP contribution in [0.2, 0.25) is 0 Å². The number of benzene rings is 1. The zero-order valence-electron chi connectivity index (χ0n) is 18.3. The molecule has 0 fully saturated rings. The maximum atomic E-state index is 13.0. The van der Waals surface area contributed by atoms with Gasteiger partial charge in [0.25, 0.3) is 11.8 Å². The molecule has 1 aromatic heterocycles. The number of likely N-dealkylation sites (N-methyl/N-ethyl adjacent to an activating group) is 1. The molecule has 0 saturated heterocycles. The van der Waals surface area contributed by atoms with Crippen molar-refractivity contribution in [1.82, 2.24) is 20.1 Å². The predicted molar refractivity (Wildman–Crippen MR) is 115 cm³/mol. The second kappa shape index (κ2) is 8.78. The number of nitrogens with one attached hydrogen (secondary N) is 1. The smallest absolute Gasteiger partial charge is 0.291 e. The fourth-order valence-electron chi connectivity index (χ4n) is 2.99. The third kappa shape index (κ3) is 5.61. The lowest BCUT2D eigenvalue weighted by Crippen LogP contribution is -2.49. The van der Waals surface area contributed by atoms with Crippen molar-refractivity contribution in [3.8, 4) is 17.6 Å². The molecule has 0 radical (unpaired) electrons. The number of amides is 2. The molecule has 9 heteroatoms. The fourth-order valence-corrected chi connectivity index (χ4v) is 2.99. The summed E-state index contributed by atoms with van der Waals surface area (Å²) < 4.78 is 7.38. The van der Waals surface area contributed by atoms with E-state index in [4.69, 9.17) is 4.74 Å². The number of carbonyl (C=O) groups excluding carboxylic acids is 2. The van der Waals surface area contributed by atoms with Gasteiger partial charge in [0.05, 0.1) is 5.69 Å². The summed E-state index contributed by atoms with van der Waals surface area (Å²) in [4.78, 5) is 31.0.